The molecule has 5 nitrogen and oxygen atoms in total. The summed E-state index contributed by atoms with van der Waals surface area (Å²) in [7, 11) is 3.92. The lowest BCUT2D eigenvalue weighted by atomic mass is 9.96. The summed E-state index contributed by atoms with van der Waals surface area (Å²) in [5.74, 6) is 0.577. The molecule has 2 heterocycles. The number of hydrogen-bond acceptors (Lipinski definition) is 4. The third-order valence-corrected chi connectivity index (χ3v) is 5.15. The minimum Gasteiger partial charge on any atom is -0.397 e. The van der Waals surface area contributed by atoms with Crippen molar-refractivity contribution in [3.8, 4) is 0 Å². The molecule has 0 unspecified atom stereocenters. The first kappa shape index (κ1) is 17.1. The fourth-order valence-corrected chi connectivity index (χ4v) is 3.73. The van der Waals surface area contributed by atoms with E-state index in [9.17, 15) is 4.79 Å². The summed E-state index contributed by atoms with van der Waals surface area (Å²) < 4.78 is 0.288. The van der Waals surface area contributed by atoms with E-state index in [1.54, 1.807) is 18.3 Å². The zero-order chi connectivity index (χ0) is 17.3. The predicted octanol–water partition coefficient (Wildman–Crippen LogP) is 2.69. The number of halogens is 1. The second-order valence-electron chi connectivity index (χ2n) is 7.09. The molecule has 0 saturated carbocycles. The fraction of sp³-hybridized carbons (Fsp3) is 0.444. The number of rotatable bonds is 3. The molecule has 0 spiro atoms. The first-order valence-corrected chi connectivity index (χ1v) is 8.69. The first-order chi connectivity index (χ1) is 11.4. The molecule has 1 saturated heterocycles. The Kier molecular flexibility index (Phi) is 4.76. The lowest BCUT2D eigenvalue weighted by Crippen LogP contribution is -2.50. The van der Waals surface area contributed by atoms with Crippen LogP contribution >= 0.6 is 11.6 Å². The van der Waals surface area contributed by atoms with Crippen molar-refractivity contribution in [2.24, 2.45) is 5.92 Å². The van der Waals surface area contributed by atoms with Gasteiger partial charge in [0.25, 0.3) is 0 Å². The Balaban J connectivity index is 1.97. The molecule has 6 heteroatoms. The number of amides is 1. The van der Waals surface area contributed by atoms with Gasteiger partial charge in [0.1, 0.15) is 5.56 Å². The van der Waals surface area contributed by atoms with Gasteiger partial charge in [0, 0.05) is 17.5 Å². The second-order valence-corrected chi connectivity index (χ2v) is 7.49. The van der Waals surface area contributed by atoms with Crippen LogP contribution in [-0.4, -0.2) is 49.1 Å². The van der Waals surface area contributed by atoms with Crippen molar-refractivity contribution >= 4 is 34.1 Å². The van der Waals surface area contributed by atoms with Gasteiger partial charge in [0.2, 0.25) is 0 Å². The molecule has 24 heavy (non-hydrogen) atoms. The molecular weight excluding hydrogens is 324 g/mol. The third kappa shape index (κ3) is 3.24. The smallest absolute Gasteiger partial charge is 0.347 e. The van der Waals surface area contributed by atoms with Crippen LogP contribution in [0.2, 0.25) is 5.02 Å². The number of anilines is 1. The number of nitrogen functional groups attached to an aromatic ring is 1. The van der Waals surface area contributed by atoms with E-state index in [-0.39, 0.29) is 10.4 Å². The highest BCUT2D eigenvalue weighted by Crippen LogP contribution is 2.32. The average Bonchev–Trinajstić information content (AvgIpc) is 2.58. The quantitative estimate of drug-likeness (QED) is 0.661. The van der Waals surface area contributed by atoms with E-state index >= 15 is 0 Å². The van der Waals surface area contributed by atoms with Crippen LogP contribution in [0.25, 0.3) is 10.9 Å². The third-order valence-electron chi connectivity index (χ3n) is 4.83. The number of nitrogens with two attached hydrogens (primary N) is 1. The molecule has 3 rings (SSSR count). The summed E-state index contributed by atoms with van der Waals surface area (Å²) in [6, 6.07) is 5.32. The van der Waals surface area contributed by atoms with E-state index in [0.717, 1.165) is 37.9 Å². The fourth-order valence-electron chi connectivity index (χ4n) is 3.52. The highest BCUT2D eigenvalue weighted by molar-refractivity contribution is 6.35. The number of hydrogen-bond donors (Lipinski definition) is 2. The number of piperidine rings is 1. The molecule has 1 aliphatic heterocycles. The van der Waals surface area contributed by atoms with Crippen molar-refractivity contribution in [3.05, 3.63) is 35.0 Å². The number of aromatic nitrogens is 1. The van der Waals surface area contributed by atoms with Crippen molar-refractivity contribution in [1.82, 2.24) is 10.3 Å². The highest BCUT2D eigenvalue weighted by atomic mass is 35.5. The molecule has 1 fully saturated rings. The number of carbonyl (C=O) groups is 1. The number of quaternary nitrogens is 1. The van der Waals surface area contributed by atoms with Gasteiger partial charge in [0.05, 0.1) is 36.9 Å². The van der Waals surface area contributed by atoms with E-state index in [1.807, 2.05) is 20.2 Å². The van der Waals surface area contributed by atoms with Crippen LogP contribution in [0.3, 0.4) is 0 Å². The SMILES string of the molecule is C[N+](C)(CC1CCNCC1)C(=O)c1cc(Cl)c(N)c2cccnc12. The van der Waals surface area contributed by atoms with Gasteiger partial charge in [0.15, 0.2) is 0 Å². The Morgan fingerprint density at radius 3 is 2.83 bits per heavy atom. The van der Waals surface area contributed by atoms with Gasteiger partial charge in [-0.05, 0) is 44.1 Å². The van der Waals surface area contributed by atoms with Crippen LogP contribution in [0.15, 0.2) is 24.4 Å². The Morgan fingerprint density at radius 2 is 2.12 bits per heavy atom. The maximum Gasteiger partial charge on any atom is 0.347 e. The van der Waals surface area contributed by atoms with Crippen LogP contribution in [0.1, 0.15) is 23.2 Å². The van der Waals surface area contributed by atoms with Crippen molar-refractivity contribution in [2.45, 2.75) is 12.8 Å². The lowest BCUT2D eigenvalue weighted by molar-refractivity contribution is -0.811. The van der Waals surface area contributed by atoms with Gasteiger partial charge in [-0.1, -0.05) is 11.6 Å². The molecule has 3 N–H and O–H groups in total. The standard InChI is InChI=1S/C18H23ClN4O/c1-23(2,11-12-5-8-21-9-6-12)18(24)14-10-15(19)16(20)13-4-3-7-22-17(13)14/h3-4,7,10,12,21H,5-6,8-9,11H2,1-2H3,(H-,20,22,24)/p+1. The van der Waals surface area contributed by atoms with Gasteiger partial charge >= 0.3 is 5.91 Å². The molecule has 0 bridgehead atoms. The molecule has 1 amide bonds. The van der Waals surface area contributed by atoms with Crippen molar-refractivity contribution < 1.29 is 9.28 Å². The Morgan fingerprint density at radius 1 is 1.42 bits per heavy atom. The zero-order valence-electron chi connectivity index (χ0n) is 14.2. The molecule has 1 aliphatic rings. The van der Waals surface area contributed by atoms with Crippen LogP contribution in [-0.2, 0) is 0 Å². The molecule has 2 aromatic rings. The average molecular weight is 348 g/mol. The van der Waals surface area contributed by atoms with Gasteiger partial charge in [-0.3, -0.25) is 9.47 Å². The molecular formula is C18H24ClN4O+. The van der Waals surface area contributed by atoms with E-state index in [4.69, 9.17) is 17.3 Å². The van der Waals surface area contributed by atoms with E-state index in [1.165, 1.54) is 0 Å². The molecule has 128 valence electrons. The molecule has 1 aromatic heterocycles. The first-order valence-electron chi connectivity index (χ1n) is 8.31. The van der Waals surface area contributed by atoms with Crippen LogP contribution < -0.4 is 11.1 Å². The molecule has 0 radical (unpaired) electrons. The zero-order valence-corrected chi connectivity index (χ0v) is 14.9. The molecule has 1 aromatic carbocycles. The lowest BCUT2D eigenvalue weighted by Gasteiger charge is -2.33. The Hall–Kier alpha value is -1.69. The summed E-state index contributed by atoms with van der Waals surface area (Å²) in [5, 5.41) is 4.50. The van der Waals surface area contributed by atoms with Gasteiger partial charge in [-0.25, -0.2) is 4.79 Å². The second kappa shape index (κ2) is 6.67. The Labute approximate surface area is 147 Å². The van der Waals surface area contributed by atoms with Crippen molar-refractivity contribution in [1.29, 1.82) is 0 Å². The summed E-state index contributed by atoms with van der Waals surface area (Å²) in [5.41, 5.74) is 7.69. The summed E-state index contributed by atoms with van der Waals surface area (Å²) >= 11 is 6.26. The largest absolute Gasteiger partial charge is 0.397 e. The maximum atomic E-state index is 13.2. The number of nitrogens with one attached hydrogen (secondary N) is 1. The molecule has 0 aliphatic carbocycles. The number of pyridine rings is 1. The normalized spacial score (nSPS) is 16.5. The molecule has 0 atom stereocenters. The minimum absolute atomic E-state index is 0.0270. The number of fused-ring (bicyclic) bond motifs is 1. The van der Waals surface area contributed by atoms with Gasteiger partial charge in [-0.15, -0.1) is 0 Å². The minimum atomic E-state index is 0.0270. The number of benzene rings is 1. The van der Waals surface area contributed by atoms with E-state index in [0.29, 0.717) is 27.7 Å². The van der Waals surface area contributed by atoms with Crippen LogP contribution in [0.5, 0.6) is 0 Å². The van der Waals surface area contributed by atoms with E-state index < -0.39 is 0 Å². The number of nitrogens with zero attached hydrogens (tertiary/aromatic N) is 2. The van der Waals surface area contributed by atoms with Crippen molar-refractivity contribution in [3.63, 3.8) is 0 Å². The van der Waals surface area contributed by atoms with Crippen LogP contribution in [0, 0.1) is 5.92 Å². The van der Waals surface area contributed by atoms with Crippen molar-refractivity contribution in [2.75, 3.05) is 39.5 Å². The van der Waals surface area contributed by atoms with E-state index in [2.05, 4.69) is 10.3 Å². The topological polar surface area (TPSA) is 68.0 Å². The predicted molar refractivity (Wildman–Crippen MR) is 98.1 cm³/mol. The highest BCUT2D eigenvalue weighted by Gasteiger charge is 2.34. The maximum absolute atomic E-state index is 13.2. The summed E-state index contributed by atoms with van der Waals surface area (Å²) in [6.45, 7) is 2.87. The van der Waals surface area contributed by atoms with Gasteiger partial charge in [-0.2, -0.15) is 0 Å². The Bertz CT molecular complexity index is 769. The van der Waals surface area contributed by atoms with Gasteiger partial charge < -0.3 is 11.1 Å². The van der Waals surface area contributed by atoms with Crippen LogP contribution in [0.4, 0.5) is 5.69 Å². The monoisotopic (exact) mass is 347 g/mol. The summed E-state index contributed by atoms with van der Waals surface area (Å²) in [4.78, 5) is 17.6. The number of carbonyl (C=O) groups excluding carboxylic acids is 1. The summed E-state index contributed by atoms with van der Waals surface area (Å²) in [6.07, 6.45) is 3.90.